The number of amidine groups is 1. The first-order chi connectivity index (χ1) is 12.1. The molecule has 0 spiro atoms. The first-order valence-corrected chi connectivity index (χ1v) is 9.01. The number of aliphatic imine (C=N–C) groups is 1. The number of anilines is 1. The molecule has 1 heterocycles. The molecule has 0 aliphatic carbocycles. The molecule has 2 aromatic carbocycles. The molecular weight excluding hydrogens is 356 g/mol. The lowest BCUT2D eigenvalue weighted by molar-refractivity contribution is -0.113. The maximum absolute atomic E-state index is 12.3. The van der Waals surface area contributed by atoms with Gasteiger partial charge in [0.05, 0.1) is 11.5 Å². The summed E-state index contributed by atoms with van der Waals surface area (Å²) in [7, 11) is 1.87. The van der Waals surface area contributed by atoms with Crippen LogP contribution >= 0.6 is 23.4 Å². The fourth-order valence-electron chi connectivity index (χ4n) is 2.34. The van der Waals surface area contributed by atoms with Gasteiger partial charge in [0, 0.05) is 23.3 Å². The van der Waals surface area contributed by atoms with Crippen LogP contribution in [-0.4, -0.2) is 24.7 Å². The van der Waals surface area contributed by atoms with Crippen molar-refractivity contribution in [2.45, 2.75) is 6.92 Å². The number of hydrogen-bond acceptors (Lipinski definition) is 4. The summed E-state index contributed by atoms with van der Waals surface area (Å²) < 4.78 is 5.61. The van der Waals surface area contributed by atoms with Gasteiger partial charge in [-0.3, -0.25) is 4.79 Å². The highest BCUT2D eigenvalue weighted by Crippen LogP contribution is 2.33. The number of carbonyl (C=O) groups is 1. The topological polar surface area (TPSA) is 41.9 Å². The van der Waals surface area contributed by atoms with Crippen LogP contribution in [0.1, 0.15) is 12.5 Å². The van der Waals surface area contributed by atoms with Gasteiger partial charge in [-0.05, 0) is 55.1 Å². The Morgan fingerprint density at radius 2 is 1.92 bits per heavy atom. The first-order valence-electron chi connectivity index (χ1n) is 7.82. The highest BCUT2D eigenvalue weighted by molar-refractivity contribution is 8.18. The average molecular weight is 373 g/mol. The monoisotopic (exact) mass is 372 g/mol. The predicted octanol–water partition coefficient (Wildman–Crippen LogP) is 4.85. The number of para-hydroxylation sites is 1. The Morgan fingerprint density at radius 3 is 2.64 bits per heavy atom. The molecule has 0 atom stereocenters. The van der Waals surface area contributed by atoms with Gasteiger partial charge in [0.2, 0.25) is 0 Å². The molecule has 1 amide bonds. The summed E-state index contributed by atoms with van der Waals surface area (Å²) >= 11 is 7.27. The third kappa shape index (κ3) is 4.06. The van der Waals surface area contributed by atoms with Crippen LogP contribution in [0.3, 0.4) is 0 Å². The Morgan fingerprint density at radius 1 is 1.20 bits per heavy atom. The summed E-state index contributed by atoms with van der Waals surface area (Å²) in [5.41, 5.74) is 1.78. The van der Waals surface area contributed by atoms with E-state index in [2.05, 4.69) is 4.99 Å². The zero-order chi connectivity index (χ0) is 17.8. The van der Waals surface area contributed by atoms with Crippen molar-refractivity contribution >= 4 is 46.2 Å². The second-order valence-electron chi connectivity index (χ2n) is 5.32. The maximum Gasteiger partial charge on any atom is 0.286 e. The Bertz CT molecular complexity index is 847. The van der Waals surface area contributed by atoms with Crippen LogP contribution < -0.4 is 9.64 Å². The Hall–Kier alpha value is -2.24. The highest BCUT2D eigenvalue weighted by Gasteiger charge is 2.25. The minimum Gasteiger partial charge on any atom is -0.493 e. The number of rotatable bonds is 4. The van der Waals surface area contributed by atoms with Crippen LogP contribution in [0.15, 0.2) is 58.4 Å². The fraction of sp³-hybridized carbons (Fsp3) is 0.158. The van der Waals surface area contributed by atoms with Crippen LogP contribution in [0.4, 0.5) is 5.69 Å². The number of amides is 1. The zero-order valence-electron chi connectivity index (χ0n) is 13.9. The largest absolute Gasteiger partial charge is 0.493 e. The Kier molecular flexibility index (Phi) is 5.46. The van der Waals surface area contributed by atoms with Crippen molar-refractivity contribution in [1.29, 1.82) is 0 Å². The number of ether oxygens (including phenoxy) is 1. The quantitative estimate of drug-likeness (QED) is 0.720. The van der Waals surface area contributed by atoms with Crippen molar-refractivity contribution in [3.05, 3.63) is 64.0 Å². The molecule has 1 aliphatic heterocycles. The van der Waals surface area contributed by atoms with Crippen LogP contribution in [0.5, 0.6) is 5.75 Å². The third-order valence-corrected chi connectivity index (χ3v) is 4.93. The van der Waals surface area contributed by atoms with E-state index in [9.17, 15) is 4.79 Å². The Balaban J connectivity index is 1.82. The van der Waals surface area contributed by atoms with Gasteiger partial charge >= 0.3 is 0 Å². The van der Waals surface area contributed by atoms with E-state index in [0.717, 1.165) is 17.0 Å². The lowest BCUT2D eigenvalue weighted by Gasteiger charge is -2.17. The molecule has 0 radical (unpaired) electrons. The van der Waals surface area contributed by atoms with Crippen molar-refractivity contribution < 1.29 is 9.53 Å². The average Bonchev–Trinajstić information content (AvgIpc) is 2.98. The van der Waals surface area contributed by atoms with Gasteiger partial charge in [0.25, 0.3) is 5.91 Å². The summed E-state index contributed by atoms with van der Waals surface area (Å²) in [5.74, 6) is 0.512. The van der Waals surface area contributed by atoms with Gasteiger partial charge in [-0.2, -0.15) is 4.99 Å². The van der Waals surface area contributed by atoms with E-state index in [1.807, 2.05) is 73.5 Å². The van der Waals surface area contributed by atoms with Crippen molar-refractivity contribution in [3.63, 3.8) is 0 Å². The molecule has 4 nitrogen and oxygen atoms in total. The summed E-state index contributed by atoms with van der Waals surface area (Å²) in [4.78, 5) is 18.9. The predicted molar refractivity (Wildman–Crippen MR) is 105 cm³/mol. The van der Waals surface area contributed by atoms with E-state index in [1.165, 1.54) is 11.8 Å². The molecule has 128 valence electrons. The maximum atomic E-state index is 12.3. The SMILES string of the molecule is CCOc1ccccc1/C=C1\SC(N(C)c2ccc(Cl)cc2)=NC1=O. The van der Waals surface area contributed by atoms with Crippen molar-refractivity contribution in [3.8, 4) is 5.75 Å². The van der Waals surface area contributed by atoms with Gasteiger partial charge in [0.1, 0.15) is 5.75 Å². The van der Waals surface area contributed by atoms with Crippen LogP contribution in [-0.2, 0) is 4.79 Å². The van der Waals surface area contributed by atoms with E-state index in [0.29, 0.717) is 21.7 Å². The van der Waals surface area contributed by atoms with E-state index in [1.54, 1.807) is 0 Å². The van der Waals surface area contributed by atoms with E-state index < -0.39 is 0 Å². The molecule has 0 saturated carbocycles. The fourth-order valence-corrected chi connectivity index (χ4v) is 3.36. The number of hydrogen-bond donors (Lipinski definition) is 0. The molecule has 0 unspecified atom stereocenters. The summed E-state index contributed by atoms with van der Waals surface area (Å²) in [6.07, 6.45) is 1.82. The van der Waals surface area contributed by atoms with Gasteiger partial charge in [-0.25, -0.2) is 0 Å². The smallest absolute Gasteiger partial charge is 0.286 e. The Labute approximate surface area is 156 Å². The number of carbonyl (C=O) groups excluding carboxylic acids is 1. The van der Waals surface area contributed by atoms with Crippen LogP contribution in [0, 0.1) is 0 Å². The van der Waals surface area contributed by atoms with Crippen molar-refractivity contribution in [2.24, 2.45) is 4.99 Å². The van der Waals surface area contributed by atoms with Gasteiger partial charge in [0.15, 0.2) is 5.17 Å². The minimum atomic E-state index is -0.243. The zero-order valence-corrected chi connectivity index (χ0v) is 15.5. The summed E-state index contributed by atoms with van der Waals surface area (Å²) in [5, 5.41) is 1.30. The molecule has 2 aromatic rings. The van der Waals surface area contributed by atoms with E-state index in [4.69, 9.17) is 16.3 Å². The first kappa shape index (κ1) is 17.6. The molecule has 6 heteroatoms. The number of thioether (sulfide) groups is 1. The molecule has 0 fully saturated rings. The minimum absolute atomic E-state index is 0.243. The van der Waals surface area contributed by atoms with Crippen molar-refractivity contribution in [1.82, 2.24) is 0 Å². The lowest BCUT2D eigenvalue weighted by atomic mass is 10.2. The van der Waals surface area contributed by atoms with Crippen molar-refractivity contribution in [2.75, 3.05) is 18.6 Å². The molecule has 25 heavy (non-hydrogen) atoms. The number of nitrogens with zero attached hydrogens (tertiary/aromatic N) is 2. The number of benzene rings is 2. The van der Waals surface area contributed by atoms with Gasteiger partial charge in [-0.15, -0.1) is 0 Å². The normalized spacial score (nSPS) is 15.4. The third-order valence-electron chi connectivity index (χ3n) is 3.62. The van der Waals surface area contributed by atoms with Crippen LogP contribution in [0.25, 0.3) is 6.08 Å². The summed E-state index contributed by atoms with van der Waals surface area (Å²) in [6.45, 7) is 2.50. The lowest BCUT2D eigenvalue weighted by Crippen LogP contribution is -2.21. The van der Waals surface area contributed by atoms with Crippen LogP contribution in [0.2, 0.25) is 5.02 Å². The molecule has 1 aliphatic rings. The highest BCUT2D eigenvalue weighted by atomic mass is 35.5. The molecule has 3 rings (SSSR count). The number of halogens is 1. The molecule has 0 saturated heterocycles. The van der Waals surface area contributed by atoms with Gasteiger partial charge < -0.3 is 9.64 Å². The van der Waals surface area contributed by atoms with Gasteiger partial charge in [-0.1, -0.05) is 29.8 Å². The standard InChI is InChI=1S/C19H17ClN2O2S/c1-3-24-16-7-5-4-6-13(16)12-17-18(23)21-19(25-17)22(2)15-10-8-14(20)9-11-15/h4-12H,3H2,1-2H3/b17-12-. The second kappa shape index (κ2) is 7.76. The molecule has 0 aromatic heterocycles. The van der Waals surface area contributed by atoms with E-state index >= 15 is 0 Å². The van der Waals surface area contributed by atoms with E-state index in [-0.39, 0.29) is 5.91 Å². The molecule has 0 bridgehead atoms. The molecule has 0 N–H and O–H groups in total. The molecular formula is C19H17ClN2O2S. The second-order valence-corrected chi connectivity index (χ2v) is 6.76. The summed E-state index contributed by atoms with van der Waals surface area (Å²) in [6, 6.07) is 15.0.